The van der Waals surface area contributed by atoms with E-state index in [0.29, 0.717) is 5.82 Å². The molecule has 0 aliphatic heterocycles. The minimum absolute atomic E-state index is 0.709. The Morgan fingerprint density at radius 2 is 0.950 bits per heavy atom. The molecule has 0 aliphatic carbocycles. The molecule has 2 heterocycles. The lowest BCUT2D eigenvalue weighted by atomic mass is 9.98. The number of hydrogen-bond acceptors (Lipinski definition) is 3. The summed E-state index contributed by atoms with van der Waals surface area (Å²) in [6.45, 7) is 0. The number of pyridine rings is 1. The smallest absolute Gasteiger partial charge is 0.160 e. The minimum Gasteiger partial charge on any atom is -0.256 e. The molecule has 2 aromatic heterocycles. The molecule has 0 N–H and O–H groups in total. The monoisotopic (exact) mass is 511 g/mol. The lowest BCUT2D eigenvalue weighted by Gasteiger charge is -2.11. The fourth-order valence-corrected chi connectivity index (χ4v) is 5.10. The highest BCUT2D eigenvalue weighted by molar-refractivity contribution is 5.95. The summed E-state index contributed by atoms with van der Waals surface area (Å²) in [7, 11) is 0. The van der Waals surface area contributed by atoms with Gasteiger partial charge in [-0.05, 0) is 34.7 Å². The van der Waals surface area contributed by atoms with Gasteiger partial charge >= 0.3 is 0 Å². The van der Waals surface area contributed by atoms with Crippen molar-refractivity contribution in [1.82, 2.24) is 15.0 Å². The van der Waals surface area contributed by atoms with E-state index in [0.717, 1.165) is 55.8 Å². The van der Waals surface area contributed by atoms with Crippen molar-refractivity contribution in [3.63, 3.8) is 0 Å². The van der Waals surface area contributed by atoms with E-state index in [9.17, 15) is 0 Å². The van der Waals surface area contributed by atoms with E-state index in [1.54, 1.807) is 0 Å². The number of aromatic nitrogens is 3. The molecule has 0 amide bonds. The van der Waals surface area contributed by atoms with Crippen LogP contribution in [0.5, 0.6) is 0 Å². The molecule has 0 saturated heterocycles. The fraction of sp³-hybridized carbons (Fsp3) is 0. The predicted molar refractivity (Wildman–Crippen MR) is 165 cm³/mol. The number of nitrogens with zero attached hydrogens (tertiary/aromatic N) is 3. The molecule has 188 valence electrons. The van der Waals surface area contributed by atoms with Crippen LogP contribution in [-0.4, -0.2) is 15.0 Å². The van der Waals surface area contributed by atoms with Crippen LogP contribution in [0.15, 0.2) is 152 Å². The van der Waals surface area contributed by atoms with Crippen LogP contribution in [0.3, 0.4) is 0 Å². The van der Waals surface area contributed by atoms with E-state index in [-0.39, 0.29) is 0 Å². The van der Waals surface area contributed by atoms with Crippen LogP contribution in [-0.2, 0) is 0 Å². The molecule has 0 spiro atoms. The van der Waals surface area contributed by atoms with Crippen molar-refractivity contribution >= 4 is 10.8 Å². The Bertz CT molecular complexity index is 1870. The first-order valence-electron chi connectivity index (χ1n) is 13.4. The molecule has 0 atom stereocenters. The van der Waals surface area contributed by atoms with Gasteiger partial charge in [-0.25, -0.2) is 9.97 Å². The van der Waals surface area contributed by atoms with Crippen molar-refractivity contribution in [3.8, 4) is 56.3 Å². The highest BCUT2D eigenvalue weighted by atomic mass is 14.9. The van der Waals surface area contributed by atoms with Crippen molar-refractivity contribution in [2.45, 2.75) is 0 Å². The molecule has 7 rings (SSSR count). The first-order valence-corrected chi connectivity index (χ1v) is 13.4. The summed E-state index contributed by atoms with van der Waals surface area (Å²) in [6.07, 6.45) is 1.88. The van der Waals surface area contributed by atoms with Gasteiger partial charge in [0.1, 0.15) is 0 Å². The molecule has 0 fully saturated rings. The van der Waals surface area contributed by atoms with Crippen LogP contribution in [0.25, 0.3) is 67.1 Å². The Morgan fingerprint density at radius 1 is 0.375 bits per heavy atom. The Balaban J connectivity index is 1.26. The van der Waals surface area contributed by atoms with E-state index < -0.39 is 0 Å². The molecule has 3 nitrogen and oxygen atoms in total. The molecule has 5 aromatic carbocycles. The maximum absolute atomic E-state index is 4.97. The summed E-state index contributed by atoms with van der Waals surface area (Å²) in [5, 5.41) is 2.34. The van der Waals surface area contributed by atoms with Crippen molar-refractivity contribution in [2.24, 2.45) is 0 Å². The molecule has 0 aliphatic rings. The summed E-state index contributed by atoms with van der Waals surface area (Å²) in [5.41, 5.74) is 9.30. The average molecular weight is 512 g/mol. The van der Waals surface area contributed by atoms with Crippen LogP contribution in [0, 0.1) is 0 Å². The second-order valence-corrected chi connectivity index (χ2v) is 9.73. The van der Waals surface area contributed by atoms with Gasteiger partial charge in [-0.3, -0.25) is 4.98 Å². The Hall–Kier alpha value is -5.41. The van der Waals surface area contributed by atoms with Crippen molar-refractivity contribution in [2.75, 3.05) is 0 Å². The zero-order valence-electron chi connectivity index (χ0n) is 21.8. The van der Waals surface area contributed by atoms with Gasteiger partial charge in [-0.1, -0.05) is 127 Å². The zero-order chi connectivity index (χ0) is 26.7. The normalized spacial score (nSPS) is 11.0. The quantitative estimate of drug-likeness (QED) is 0.231. The molecule has 0 unspecified atom stereocenters. The maximum atomic E-state index is 4.97. The highest BCUT2D eigenvalue weighted by Gasteiger charge is 2.12. The third kappa shape index (κ3) is 4.65. The lowest BCUT2D eigenvalue weighted by Crippen LogP contribution is -1.96. The van der Waals surface area contributed by atoms with Gasteiger partial charge in [0.05, 0.1) is 17.1 Å². The molecular weight excluding hydrogens is 486 g/mol. The van der Waals surface area contributed by atoms with E-state index in [1.165, 1.54) is 5.39 Å². The number of benzene rings is 5. The molecular formula is C37H25N3. The molecule has 3 heteroatoms. The fourth-order valence-electron chi connectivity index (χ4n) is 5.10. The van der Waals surface area contributed by atoms with Gasteiger partial charge in [0.25, 0.3) is 0 Å². The molecule has 0 bridgehead atoms. The summed E-state index contributed by atoms with van der Waals surface area (Å²) in [4.78, 5) is 14.6. The summed E-state index contributed by atoms with van der Waals surface area (Å²) < 4.78 is 0. The Morgan fingerprint density at radius 3 is 1.65 bits per heavy atom. The maximum Gasteiger partial charge on any atom is 0.160 e. The van der Waals surface area contributed by atoms with Crippen LogP contribution in [0.4, 0.5) is 0 Å². The second-order valence-electron chi connectivity index (χ2n) is 9.73. The van der Waals surface area contributed by atoms with Gasteiger partial charge in [-0.15, -0.1) is 0 Å². The van der Waals surface area contributed by atoms with Crippen LogP contribution in [0.2, 0.25) is 0 Å². The van der Waals surface area contributed by atoms with E-state index in [1.807, 2.05) is 42.6 Å². The zero-order valence-corrected chi connectivity index (χ0v) is 21.8. The lowest BCUT2D eigenvalue weighted by molar-refractivity contribution is 1.18. The van der Waals surface area contributed by atoms with Crippen molar-refractivity contribution in [3.05, 3.63) is 152 Å². The predicted octanol–water partition coefficient (Wildman–Crippen LogP) is 9.36. The highest BCUT2D eigenvalue weighted by Crippen LogP contribution is 2.32. The molecule has 0 radical (unpaired) electrons. The summed E-state index contributed by atoms with van der Waals surface area (Å²) >= 11 is 0. The SMILES string of the molecule is c1ccc(-c2cc(-c3ccccc3)nc(-c3ccc(-c4cccc(-c5nccc6ccccc56)c4)cc3)n2)cc1. The second kappa shape index (κ2) is 10.4. The molecule has 7 aromatic rings. The van der Waals surface area contributed by atoms with Gasteiger partial charge in [0.2, 0.25) is 0 Å². The van der Waals surface area contributed by atoms with Crippen LogP contribution < -0.4 is 0 Å². The summed E-state index contributed by atoms with van der Waals surface area (Å²) in [6, 6.07) is 50.1. The number of hydrogen-bond donors (Lipinski definition) is 0. The average Bonchev–Trinajstić information content (AvgIpc) is 3.05. The van der Waals surface area contributed by atoms with Crippen LogP contribution in [0.1, 0.15) is 0 Å². The topological polar surface area (TPSA) is 38.7 Å². The van der Waals surface area contributed by atoms with Gasteiger partial charge < -0.3 is 0 Å². The van der Waals surface area contributed by atoms with E-state index in [2.05, 4.69) is 109 Å². The number of fused-ring (bicyclic) bond motifs is 1. The molecule has 0 saturated carbocycles. The van der Waals surface area contributed by atoms with Gasteiger partial charge in [0.15, 0.2) is 5.82 Å². The first-order chi connectivity index (χ1) is 19.8. The Labute approximate surface area is 233 Å². The standard InChI is InChI=1S/C37H25N3/c1-3-11-28(12-4-1)34-25-35(29-13-5-2-6-14-29)40-37(39-34)30-20-18-26(19-21-30)31-15-9-16-32(24-31)36-33-17-8-7-10-27(33)22-23-38-36/h1-25H. The van der Waals surface area contributed by atoms with E-state index in [4.69, 9.17) is 15.0 Å². The third-order valence-corrected chi connectivity index (χ3v) is 7.15. The largest absolute Gasteiger partial charge is 0.256 e. The molecule has 40 heavy (non-hydrogen) atoms. The van der Waals surface area contributed by atoms with Crippen molar-refractivity contribution in [1.29, 1.82) is 0 Å². The third-order valence-electron chi connectivity index (χ3n) is 7.15. The summed E-state index contributed by atoms with van der Waals surface area (Å²) in [5.74, 6) is 0.709. The van der Waals surface area contributed by atoms with Crippen LogP contribution >= 0.6 is 0 Å². The Kier molecular flexibility index (Phi) is 6.15. The first kappa shape index (κ1) is 23.7. The van der Waals surface area contributed by atoms with Gasteiger partial charge in [-0.2, -0.15) is 0 Å². The van der Waals surface area contributed by atoms with Crippen molar-refractivity contribution < 1.29 is 0 Å². The van der Waals surface area contributed by atoms with Gasteiger partial charge in [0, 0.05) is 33.8 Å². The van der Waals surface area contributed by atoms with E-state index >= 15 is 0 Å². The number of rotatable bonds is 5. The minimum atomic E-state index is 0.709.